The van der Waals surface area contributed by atoms with E-state index in [4.69, 9.17) is 5.73 Å². The van der Waals surface area contributed by atoms with Crippen LogP contribution in [0.15, 0.2) is 24.3 Å². The molecule has 3 unspecified atom stereocenters. The van der Waals surface area contributed by atoms with E-state index in [0.29, 0.717) is 11.7 Å². The van der Waals surface area contributed by atoms with Gasteiger partial charge in [0.15, 0.2) is 0 Å². The lowest BCUT2D eigenvalue weighted by molar-refractivity contribution is 0.248. The first kappa shape index (κ1) is 11.4. The van der Waals surface area contributed by atoms with Gasteiger partial charge in [0.1, 0.15) is 5.75 Å². The fourth-order valence-electron chi connectivity index (χ4n) is 2.38. The van der Waals surface area contributed by atoms with E-state index < -0.39 is 0 Å². The number of nitrogens with two attached hydrogens (primary N) is 1. The monoisotopic (exact) mass is 220 g/mol. The Morgan fingerprint density at radius 1 is 1.38 bits per heavy atom. The second-order valence-corrected chi connectivity index (χ2v) is 4.83. The molecule has 1 fully saturated rings. The van der Waals surface area contributed by atoms with E-state index in [0.717, 1.165) is 18.7 Å². The highest BCUT2D eigenvalue weighted by molar-refractivity contribution is 5.34. The van der Waals surface area contributed by atoms with Crippen molar-refractivity contribution < 1.29 is 5.11 Å². The van der Waals surface area contributed by atoms with Crippen LogP contribution in [-0.2, 0) is 0 Å². The molecule has 0 saturated carbocycles. The number of para-hydroxylation sites is 1. The third-order valence-corrected chi connectivity index (χ3v) is 3.63. The molecule has 0 spiro atoms. The van der Waals surface area contributed by atoms with Crippen LogP contribution in [0.1, 0.15) is 25.5 Å². The van der Waals surface area contributed by atoms with Crippen LogP contribution in [-0.4, -0.2) is 29.1 Å². The maximum atomic E-state index is 9.82. The summed E-state index contributed by atoms with van der Waals surface area (Å²) >= 11 is 0. The Morgan fingerprint density at radius 2 is 2.06 bits per heavy atom. The molecule has 0 bridgehead atoms. The summed E-state index contributed by atoms with van der Waals surface area (Å²) in [6.07, 6.45) is 0. The molecule has 0 aliphatic carbocycles. The highest BCUT2D eigenvalue weighted by atomic mass is 16.3. The van der Waals surface area contributed by atoms with Crippen molar-refractivity contribution in [3.8, 4) is 5.75 Å². The molecular weight excluding hydrogens is 200 g/mol. The fourth-order valence-corrected chi connectivity index (χ4v) is 2.38. The van der Waals surface area contributed by atoms with Crippen LogP contribution in [0.5, 0.6) is 5.75 Å². The van der Waals surface area contributed by atoms with Gasteiger partial charge < -0.3 is 10.8 Å². The molecule has 1 aliphatic rings. The van der Waals surface area contributed by atoms with Gasteiger partial charge in [-0.05, 0) is 18.9 Å². The maximum Gasteiger partial charge on any atom is 0.120 e. The molecule has 16 heavy (non-hydrogen) atoms. The van der Waals surface area contributed by atoms with Gasteiger partial charge in [-0.1, -0.05) is 25.1 Å². The number of rotatable bonds is 2. The smallest absolute Gasteiger partial charge is 0.120 e. The van der Waals surface area contributed by atoms with Gasteiger partial charge in [-0.3, -0.25) is 4.90 Å². The highest BCUT2D eigenvalue weighted by Crippen LogP contribution is 2.31. The normalized spacial score (nSPS) is 28.2. The third kappa shape index (κ3) is 2.06. The molecule has 1 aromatic carbocycles. The van der Waals surface area contributed by atoms with Crippen LogP contribution >= 0.6 is 0 Å². The number of likely N-dealkylation sites (tertiary alicyclic amines) is 1. The highest BCUT2D eigenvalue weighted by Gasteiger charge is 2.30. The molecule has 1 aliphatic heterocycles. The Balaban J connectivity index is 2.14. The van der Waals surface area contributed by atoms with E-state index >= 15 is 0 Å². The minimum absolute atomic E-state index is 0.234. The fraction of sp³-hybridized carbons (Fsp3) is 0.538. The summed E-state index contributed by atoms with van der Waals surface area (Å²) < 4.78 is 0. The number of benzene rings is 1. The van der Waals surface area contributed by atoms with Gasteiger partial charge in [-0.15, -0.1) is 0 Å². The lowest BCUT2D eigenvalue weighted by Gasteiger charge is -2.25. The predicted octanol–water partition coefficient (Wildman–Crippen LogP) is 1.73. The standard InChI is InChI=1S/C13H20N2O/c1-9-7-15(8-12(9)14)10(2)11-5-3-4-6-13(11)16/h3-6,9-10,12,16H,7-8,14H2,1-2H3. The molecule has 0 amide bonds. The zero-order valence-corrected chi connectivity index (χ0v) is 9.93. The van der Waals surface area contributed by atoms with Gasteiger partial charge in [0, 0.05) is 30.7 Å². The number of phenolic OH excluding ortho intramolecular Hbond substituents is 1. The number of phenols is 1. The molecule has 3 atom stereocenters. The van der Waals surface area contributed by atoms with Crippen molar-refractivity contribution in [3.63, 3.8) is 0 Å². The van der Waals surface area contributed by atoms with E-state index in [1.807, 2.05) is 18.2 Å². The van der Waals surface area contributed by atoms with Gasteiger partial charge in [0.2, 0.25) is 0 Å². The van der Waals surface area contributed by atoms with Crippen LogP contribution in [0.2, 0.25) is 0 Å². The van der Waals surface area contributed by atoms with Crippen molar-refractivity contribution in [1.82, 2.24) is 4.90 Å². The van der Waals surface area contributed by atoms with Gasteiger partial charge in [0.25, 0.3) is 0 Å². The molecule has 3 heteroatoms. The van der Waals surface area contributed by atoms with Gasteiger partial charge >= 0.3 is 0 Å². The minimum Gasteiger partial charge on any atom is -0.508 e. The lowest BCUT2D eigenvalue weighted by atomic mass is 10.1. The number of hydrogen-bond donors (Lipinski definition) is 2. The molecule has 2 rings (SSSR count). The molecule has 0 aromatic heterocycles. The first-order valence-electron chi connectivity index (χ1n) is 5.87. The average Bonchev–Trinajstić information content (AvgIpc) is 2.59. The molecular formula is C13H20N2O. The Bertz CT molecular complexity index is 357. The van der Waals surface area contributed by atoms with Crippen LogP contribution in [0.4, 0.5) is 0 Å². The van der Waals surface area contributed by atoms with Crippen molar-refractivity contribution in [2.75, 3.05) is 13.1 Å². The molecule has 1 aromatic rings. The summed E-state index contributed by atoms with van der Waals surface area (Å²) in [7, 11) is 0. The minimum atomic E-state index is 0.234. The summed E-state index contributed by atoms with van der Waals surface area (Å²) in [5.74, 6) is 0.913. The van der Waals surface area contributed by atoms with E-state index in [1.165, 1.54) is 0 Å². The van der Waals surface area contributed by atoms with Crippen molar-refractivity contribution >= 4 is 0 Å². The summed E-state index contributed by atoms with van der Waals surface area (Å²) in [6.45, 7) is 6.23. The predicted molar refractivity (Wildman–Crippen MR) is 65.2 cm³/mol. The second kappa shape index (κ2) is 4.44. The van der Waals surface area contributed by atoms with E-state index in [9.17, 15) is 5.11 Å². The zero-order chi connectivity index (χ0) is 11.7. The van der Waals surface area contributed by atoms with Crippen molar-refractivity contribution in [1.29, 1.82) is 0 Å². The topological polar surface area (TPSA) is 49.5 Å². The Morgan fingerprint density at radius 3 is 2.62 bits per heavy atom. The first-order chi connectivity index (χ1) is 7.59. The molecule has 1 saturated heterocycles. The zero-order valence-electron chi connectivity index (χ0n) is 9.93. The van der Waals surface area contributed by atoms with Gasteiger partial charge in [-0.25, -0.2) is 0 Å². The summed E-state index contributed by atoms with van der Waals surface area (Å²) in [5.41, 5.74) is 7.01. The molecule has 0 radical (unpaired) electrons. The van der Waals surface area contributed by atoms with Crippen LogP contribution < -0.4 is 5.73 Å². The Hall–Kier alpha value is -1.06. The number of aromatic hydroxyl groups is 1. The largest absolute Gasteiger partial charge is 0.508 e. The van der Waals surface area contributed by atoms with Gasteiger partial charge in [-0.2, -0.15) is 0 Å². The van der Waals surface area contributed by atoms with E-state index in [2.05, 4.69) is 18.7 Å². The molecule has 3 nitrogen and oxygen atoms in total. The summed E-state index contributed by atoms with van der Waals surface area (Å²) in [5, 5.41) is 9.82. The van der Waals surface area contributed by atoms with Crippen molar-refractivity contribution in [2.45, 2.75) is 25.9 Å². The van der Waals surface area contributed by atoms with Gasteiger partial charge in [0.05, 0.1) is 0 Å². The lowest BCUT2D eigenvalue weighted by Crippen LogP contribution is -2.29. The average molecular weight is 220 g/mol. The van der Waals surface area contributed by atoms with Crippen molar-refractivity contribution in [2.24, 2.45) is 11.7 Å². The quantitative estimate of drug-likeness (QED) is 0.798. The molecule has 88 valence electrons. The Labute approximate surface area is 96.9 Å². The summed E-state index contributed by atoms with van der Waals surface area (Å²) in [6, 6.07) is 8.03. The maximum absolute atomic E-state index is 9.82. The number of nitrogens with zero attached hydrogens (tertiary/aromatic N) is 1. The van der Waals surface area contributed by atoms with Crippen LogP contribution in [0.25, 0.3) is 0 Å². The Kier molecular flexibility index (Phi) is 3.17. The molecule has 3 N–H and O–H groups in total. The van der Waals surface area contributed by atoms with E-state index in [1.54, 1.807) is 6.07 Å². The first-order valence-corrected chi connectivity index (χ1v) is 5.87. The van der Waals surface area contributed by atoms with Crippen molar-refractivity contribution in [3.05, 3.63) is 29.8 Å². The molecule has 1 heterocycles. The SMILES string of the molecule is CC1CN(C(C)c2ccccc2O)CC1N. The second-order valence-electron chi connectivity index (χ2n) is 4.83. The third-order valence-electron chi connectivity index (χ3n) is 3.63. The number of hydrogen-bond acceptors (Lipinski definition) is 3. The van der Waals surface area contributed by atoms with Crippen LogP contribution in [0, 0.1) is 5.92 Å². The van der Waals surface area contributed by atoms with Crippen LogP contribution in [0.3, 0.4) is 0 Å². The summed E-state index contributed by atoms with van der Waals surface area (Å²) in [4.78, 5) is 2.34. The van der Waals surface area contributed by atoms with E-state index in [-0.39, 0.29) is 12.1 Å².